The minimum Gasteiger partial charge on any atom is -0.366 e. The minimum atomic E-state index is 0.505. The van der Waals surface area contributed by atoms with Crippen LogP contribution in [-0.2, 0) is 0 Å². The Hall–Kier alpha value is -1.72. The van der Waals surface area contributed by atoms with Crippen molar-refractivity contribution in [3.8, 4) is 0 Å². The normalized spacial score (nSPS) is 28.4. The van der Waals surface area contributed by atoms with Gasteiger partial charge in [-0.05, 0) is 53.7 Å². The van der Waals surface area contributed by atoms with Crippen molar-refractivity contribution < 1.29 is 0 Å². The molecule has 0 aromatic carbocycles. The third-order valence-corrected chi connectivity index (χ3v) is 3.60. The monoisotopic (exact) mass is 246 g/mol. The first-order chi connectivity index (χ1) is 8.70. The molecule has 2 aromatic heterocycles. The van der Waals surface area contributed by atoms with Crippen LogP contribution >= 0.6 is 0 Å². The second kappa shape index (κ2) is 4.51. The summed E-state index contributed by atoms with van der Waals surface area (Å²) in [4.78, 5) is 0. The standard InChI is InChI=1S/C12H18N6/c1-8-5-9(2)7-10(6-8)13-11-3-4-12-14-16-17-18(12)15-11/h3-4,8-10H,5-7H2,1-2H3,(H,13,15). The third kappa shape index (κ3) is 2.27. The SMILES string of the molecule is CC1CC(C)CC(Nc2ccc3nnnn3n2)C1. The van der Waals surface area contributed by atoms with Crippen molar-refractivity contribution >= 4 is 11.5 Å². The van der Waals surface area contributed by atoms with Crippen LogP contribution in [0.4, 0.5) is 5.82 Å². The molecule has 6 nitrogen and oxygen atoms in total. The molecule has 2 unspecified atom stereocenters. The maximum Gasteiger partial charge on any atom is 0.200 e. The highest BCUT2D eigenvalue weighted by Crippen LogP contribution is 2.30. The quantitative estimate of drug-likeness (QED) is 0.874. The van der Waals surface area contributed by atoms with Gasteiger partial charge in [0.1, 0.15) is 5.82 Å². The fourth-order valence-corrected chi connectivity index (χ4v) is 3.00. The van der Waals surface area contributed by atoms with Gasteiger partial charge in [0.25, 0.3) is 0 Å². The van der Waals surface area contributed by atoms with E-state index < -0.39 is 0 Å². The van der Waals surface area contributed by atoms with Crippen LogP contribution in [0.25, 0.3) is 5.65 Å². The summed E-state index contributed by atoms with van der Waals surface area (Å²) in [6, 6.07) is 4.32. The minimum absolute atomic E-state index is 0.505. The van der Waals surface area contributed by atoms with Gasteiger partial charge in [0, 0.05) is 6.04 Å². The second-order valence-electron chi connectivity index (χ2n) is 5.50. The lowest BCUT2D eigenvalue weighted by Crippen LogP contribution is -2.30. The van der Waals surface area contributed by atoms with E-state index in [4.69, 9.17) is 0 Å². The van der Waals surface area contributed by atoms with Crippen molar-refractivity contribution in [2.24, 2.45) is 11.8 Å². The van der Waals surface area contributed by atoms with E-state index in [9.17, 15) is 0 Å². The van der Waals surface area contributed by atoms with Crippen molar-refractivity contribution in [1.82, 2.24) is 25.3 Å². The van der Waals surface area contributed by atoms with Gasteiger partial charge < -0.3 is 5.32 Å². The number of tetrazole rings is 1. The maximum absolute atomic E-state index is 4.35. The molecule has 0 amide bonds. The first-order valence-corrected chi connectivity index (χ1v) is 6.52. The Morgan fingerprint density at radius 1 is 1.17 bits per heavy atom. The van der Waals surface area contributed by atoms with Crippen molar-refractivity contribution in [3.05, 3.63) is 12.1 Å². The summed E-state index contributed by atoms with van der Waals surface area (Å²) in [6.45, 7) is 4.64. The van der Waals surface area contributed by atoms with Gasteiger partial charge in [-0.25, -0.2) is 0 Å². The molecule has 3 rings (SSSR count). The summed E-state index contributed by atoms with van der Waals surface area (Å²) < 4.78 is 1.46. The molecule has 96 valence electrons. The van der Waals surface area contributed by atoms with Gasteiger partial charge in [0.05, 0.1) is 0 Å². The van der Waals surface area contributed by atoms with Crippen molar-refractivity contribution in [3.63, 3.8) is 0 Å². The molecule has 0 radical (unpaired) electrons. The molecule has 2 atom stereocenters. The molecule has 2 heterocycles. The van der Waals surface area contributed by atoms with Crippen molar-refractivity contribution in [2.45, 2.75) is 39.2 Å². The van der Waals surface area contributed by atoms with Gasteiger partial charge in [-0.1, -0.05) is 13.8 Å². The van der Waals surface area contributed by atoms with Crippen LogP contribution in [0.1, 0.15) is 33.1 Å². The van der Waals surface area contributed by atoms with E-state index in [1.165, 1.54) is 23.9 Å². The van der Waals surface area contributed by atoms with Crippen molar-refractivity contribution in [2.75, 3.05) is 5.32 Å². The highest BCUT2D eigenvalue weighted by molar-refractivity contribution is 5.42. The maximum atomic E-state index is 4.35. The number of nitrogens with zero attached hydrogens (tertiary/aromatic N) is 5. The average molecular weight is 246 g/mol. The predicted octanol–water partition coefficient (Wildman–Crippen LogP) is 1.76. The van der Waals surface area contributed by atoms with Crippen LogP contribution < -0.4 is 5.32 Å². The highest BCUT2D eigenvalue weighted by atomic mass is 15.6. The molecule has 6 heteroatoms. The molecule has 18 heavy (non-hydrogen) atoms. The average Bonchev–Trinajstić information content (AvgIpc) is 2.74. The number of hydrogen-bond donors (Lipinski definition) is 1. The number of hydrogen-bond acceptors (Lipinski definition) is 5. The first kappa shape index (κ1) is 11.4. The Bertz CT molecular complexity index is 526. The Kier molecular flexibility index (Phi) is 2.85. The van der Waals surface area contributed by atoms with E-state index in [0.29, 0.717) is 11.7 Å². The number of fused-ring (bicyclic) bond motifs is 1. The Labute approximate surface area is 106 Å². The molecule has 1 saturated carbocycles. The van der Waals surface area contributed by atoms with E-state index in [1.807, 2.05) is 12.1 Å². The van der Waals surface area contributed by atoms with Crippen LogP contribution in [0.15, 0.2) is 12.1 Å². The number of anilines is 1. The summed E-state index contributed by atoms with van der Waals surface area (Å²) in [7, 11) is 0. The Balaban J connectivity index is 1.74. The molecule has 0 aliphatic heterocycles. The van der Waals surface area contributed by atoms with Crippen LogP contribution in [0.5, 0.6) is 0 Å². The largest absolute Gasteiger partial charge is 0.366 e. The molecule has 1 fully saturated rings. The Morgan fingerprint density at radius 2 is 1.94 bits per heavy atom. The second-order valence-corrected chi connectivity index (χ2v) is 5.50. The number of rotatable bonds is 2. The molecule has 1 N–H and O–H groups in total. The van der Waals surface area contributed by atoms with Gasteiger partial charge in [0.2, 0.25) is 0 Å². The van der Waals surface area contributed by atoms with E-state index in [1.54, 1.807) is 0 Å². The zero-order valence-electron chi connectivity index (χ0n) is 10.7. The van der Waals surface area contributed by atoms with Gasteiger partial charge in [-0.2, -0.15) is 0 Å². The first-order valence-electron chi connectivity index (χ1n) is 6.52. The molecule has 2 aromatic rings. The highest BCUT2D eigenvalue weighted by Gasteiger charge is 2.24. The molecular formula is C12H18N6. The van der Waals surface area contributed by atoms with Gasteiger partial charge in [0.15, 0.2) is 5.65 Å². The van der Waals surface area contributed by atoms with Gasteiger partial charge >= 0.3 is 0 Å². The lowest BCUT2D eigenvalue weighted by Gasteiger charge is -2.32. The lowest BCUT2D eigenvalue weighted by atomic mass is 9.80. The van der Waals surface area contributed by atoms with E-state index in [2.05, 4.69) is 39.8 Å². The predicted molar refractivity (Wildman–Crippen MR) is 68.2 cm³/mol. The van der Waals surface area contributed by atoms with Crippen LogP contribution in [0.3, 0.4) is 0 Å². The summed E-state index contributed by atoms with van der Waals surface area (Å²) in [5, 5.41) is 19.1. The zero-order chi connectivity index (χ0) is 12.5. The molecule has 1 aliphatic carbocycles. The van der Waals surface area contributed by atoms with E-state index >= 15 is 0 Å². The fraction of sp³-hybridized carbons (Fsp3) is 0.667. The van der Waals surface area contributed by atoms with Gasteiger partial charge in [-0.3, -0.25) is 0 Å². The van der Waals surface area contributed by atoms with Crippen LogP contribution in [0.2, 0.25) is 0 Å². The Morgan fingerprint density at radius 3 is 2.72 bits per heavy atom. The zero-order valence-corrected chi connectivity index (χ0v) is 10.7. The molecular weight excluding hydrogens is 228 g/mol. The molecule has 1 aliphatic rings. The summed E-state index contributed by atoms with van der Waals surface area (Å²) in [5.41, 5.74) is 0.672. The topological polar surface area (TPSA) is 68.0 Å². The summed E-state index contributed by atoms with van der Waals surface area (Å²) in [6.07, 6.45) is 3.75. The van der Waals surface area contributed by atoms with Crippen LogP contribution in [0, 0.1) is 11.8 Å². The lowest BCUT2D eigenvalue weighted by molar-refractivity contribution is 0.280. The van der Waals surface area contributed by atoms with Crippen LogP contribution in [-0.4, -0.2) is 31.3 Å². The van der Waals surface area contributed by atoms with E-state index in [0.717, 1.165) is 17.7 Å². The van der Waals surface area contributed by atoms with Crippen molar-refractivity contribution in [1.29, 1.82) is 0 Å². The smallest absolute Gasteiger partial charge is 0.200 e. The number of aromatic nitrogens is 5. The number of nitrogens with one attached hydrogen (secondary N) is 1. The molecule has 0 saturated heterocycles. The van der Waals surface area contributed by atoms with Gasteiger partial charge in [-0.15, -0.1) is 14.8 Å². The van der Waals surface area contributed by atoms with E-state index in [-0.39, 0.29) is 0 Å². The summed E-state index contributed by atoms with van der Waals surface area (Å²) >= 11 is 0. The fourth-order valence-electron chi connectivity index (χ4n) is 3.00. The molecule has 0 spiro atoms. The summed E-state index contributed by atoms with van der Waals surface area (Å²) in [5.74, 6) is 2.41. The third-order valence-electron chi connectivity index (χ3n) is 3.60. The molecule has 0 bridgehead atoms.